The zero-order chi connectivity index (χ0) is 32.5. The summed E-state index contributed by atoms with van der Waals surface area (Å²) in [5, 5.41) is 9.54. The van der Waals surface area contributed by atoms with Crippen molar-refractivity contribution in [2.75, 3.05) is 6.61 Å². The van der Waals surface area contributed by atoms with E-state index < -0.39 is 11.1 Å². The van der Waals surface area contributed by atoms with Crippen LogP contribution < -0.4 is 10.5 Å². The van der Waals surface area contributed by atoms with Crippen LogP contribution >= 0.6 is 22.6 Å². The van der Waals surface area contributed by atoms with Crippen LogP contribution in [-0.4, -0.2) is 37.4 Å². The second-order valence-corrected chi connectivity index (χ2v) is 14.1. The molecule has 0 amide bonds. The van der Waals surface area contributed by atoms with Crippen LogP contribution in [0.1, 0.15) is 87.4 Å². The number of hydrogen-bond donors (Lipinski definition) is 2. The van der Waals surface area contributed by atoms with E-state index in [-0.39, 0.29) is 5.82 Å². The summed E-state index contributed by atoms with van der Waals surface area (Å²) in [7, 11) is 2.04. The van der Waals surface area contributed by atoms with Gasteiger partial charge in [0.1, 0.15) is 11.3 Å². The van der Waals surface area contributed by atoms with Crippen LogP contribution in [0.15, 0.2) is 30.5 Å². The molecule has 1 aliphatic heterocycles. The van der Waals surface area contributed by atoms with Crippen molar-refractivity contribution >= 4 is 33.6 Å². The average Bonchev–Trinajstić information content (AvgIpc) is 3.32. The number of ether oxygens (including phenoxy) is 1. The molecule has 6 rings (SSSR count). The molecular weight excluding hydrogens is 678 g/mol. The lowest BCUT2D eigenvalue weighted by Gasteiger charge is -2.27. The van der Waals surface area contributed by atoms with Crippen molar-refractivity contribution in [1.29, 1.82) is 0 Å². The molecule has 3 N–H and O–H groups in total. The fraction of sp³-hybridized carbons (Fsp3) is 0.459. The van der Waals surface area contributed by atoms with E-state index >= 15 is 4.39 Å². The maximum absolute atomic E-state index is 15.4. The van der Waals surface area contributed by atoms with Crippen LogP contribution in [0.25, 0.3) is 33.4 Å². The van der Waals surface area contributed by atoms with Crippen LogP contribution in [0.4, 0.5) is 4.39 Å². The van der Waals surface area contributed by atoms with E-state index in [1.807, 2.05) is 26.1 Å². The number of halogens is 2. The van der Waals surface area contributed by atoms with Gasteiger partial charge >= 0.3 is 0 Å². The van der Waals surface area contributed by atoms with Gasteiger partial charge in [-0.25, -0.2) is 14.4 Å². The van der Waals surface area contributed by atoms with Gasteiger partial charge in [0.05, 0.1) is 23.4 Å². The normalized spacial score (nSPS) is 15.8. The minimum Gasteiger partial charge on any atom is -0.490 e. The molecule has 0 atom stereocenters. The van der Waals surface area contributed by atoms with Gasteiger partial charge in [0.15, 0.2) is 11.6 Å². The Kier molecular flexibility index (Phi) is 9.93. The number of nitrogens with two attached hydrogens (primary N) is 1. The molecule has 1 aromatic carbocycles. The van der Waals surface area contributed by atoms with Gasteiger partial charge in [-0.05, 0) is 113 Å². The molecule has 45 heavy (non-hydrogen) atoms. The van der Waals surface area contributed by atoms with Crippen molar-refractivity contribution in [3.8, 4) is 40.0 Å². The Balaban J connectivity index is 0.000000743. The molecule has 8 heteroatoms. The van der Waals surface area contributed by atoms with Crippen molar-refractivity contribution in [1.82, 2.24) is 14.5 Å². The highest BCUT2D eigenvalue weighted by Crippen LogP contribution is 2.43. The first-order valence-electron chi connectivity index (χ1n) is 15.8. The number of alkyl halides is 1. The summed E-state index contributed by atoms with van der Waals surface area (Å²) in [6.07, 6.45) is 8.88. The van der Waals surface area contributed by atoms with Crippen molar-refractivity contribution in [3.05, 3.63) is 64.4 Å². The van der Waals surface area contributed by atoms with E-state index in [1.54, 1.807) is 33.0 Å². The van der Waals surface area contributed by atoms with Gasteiger partial charge in [-0.2, -0.15) is 0 Å². The first-order valence-corrected chi connectivity index (χ1v) is 17.3. The maximum Gasteiger partial charge on any atom is 0.165 e. The van der Waals surface area contributed by atoms with Crippen molar-refractivity contribution < 1.29 is 14.2 Å². The standard InChI is InChI=1S/C33H34FIN4O.C4H10O/c1-20-24-8-7-15-40-31(24)28(34)17-25(20)30-26-18-29(39(3)32(26)38-21(2)27(30)19-35)22-10-14-37-23(16-22)9-13-33(36)11-5-4-6-12-33;1-4(2,3)5/h10,14,16-18H,4-8,11-12,15,19,36H2,1-3H3;5H,1-3H3. The SMILES string of the molecule is CC(C)(C)O.Cc1nc2c(cc(-c3ccnc(C#CC4(N)CCCCC4)c3)n2C)c(-c2cc(F)c3c(c2C)CCCO3)c1CI. The number of aromatic nitrogens is 3. The van der Waals surface area contributed by atoms with E-state index in [1.165, 1.54) is 6.42 Å². The minimum absolute atomic E-state index is 0.290. The zero-order valence-corrected chi connectivity index (χ0v) is 29.4. The first-order chi connectivity index (χ1) is 21.3. The number of aryl methyl sites for hydroxylation is 2. The Bertz CT molecular complexity index is 1780. The highest BCUT2D eigenvalue weighted by atomic mass is 127. The quantitative estimate of drug-likeness (QED) is 0.127. The van der Waals surface area contributed by atoms with E-state index in [2.05, 4.69) is 57.0 Å². The van der Waals surface area contributed by atoms with E-state index in [9.17, 15) is 0 Å². The predicted molar refractivity (Wildman–Crippen MR) is 189 cm³/mol. The van der Waals surface area contributed by atoms with Crippen molar-refractivity contribution in [3.63, 3.8) is 0 Å². The monoisotopic (exact) mass is 722 g/mol. The van der Waals surface area contributed by atoms with Gasteiger partial charge in [-0.1, -0.05) is 47.8 Å². The van der Waals surface area contributed by atoms with Crippen LogP contribution in [-0.2, 0) is 17.9 Å². The molecule has 0 radical (unpaired) electrons. The number of hydrogen-bond acceptors (Lipinski definition) is 5. The van der Waals surface area contributed by atoms with Crippen LogP contribution in [0.5, 0.6) is 5.75 Å². The molecule has 3 aromatic heterocycles. The molecule has 4 aromatic rings. The Morgan fingerprint density at radius 1 is 1.13 bits per heavy atom. The van der Waals surface area contributed by atoms with E-state index in [0.29, 0.717) is 18.1 Å². The Morgan fingerprint density at radius 3 is 2.53 bits per heavy atom. The second kappa shape index (κ2) is 13.4. The molecule has 0 saturated heterocycles. The molecule has 4 heterocycles. The van der Waals surface area contributed by atoms with Gasteiger partial charge in [0.25, 0.3) is 0 Å². The van der Waals surface area contributed by atoms with E-state index in [0.717, 1.165) is 98.8 Å². The third-order valence-electron chi connectivity index (χ3n) is 8.56. The molecule has 0 bridgehead atoms. The fourth-order valence-electron chi connectivity index (χ4n) is 6.30. The second-order valence-electron chi connectivity index (χ2n) is 13.4. The summed E-state index contributed by atoms with van der Waals surface area (Å²) in [5.74, 6) is 6.71. The predicted octanol–water partition coefficient (Wildman–Crippen LogP) is 8.11. The number of benzene rings is 1. The summed E-state index contributed by atoms with van der Waals surface area (Å²) < 4.78 is 24.0. The lowest BCUT2D eigenvalue weighted by Crippen LogP contribution is -2.40. The van der Waals surface area contributed by atoms with Gasteiger partial charge < -0.3 is 20.1 Å². The highest BCUT2D eigenvalue weighted by Gasteiger charge is 2.26. The van der Waals surface area contributed by atoms with Crippen LogP contribution in [0.3, 0.4) is 0 Å². The van der Waals surface area contributed by atoms with Gasteiger partial charge in [-0.3, -0.25) is 0 Å². The van der Waals surface area contributed by atoms with E-state index in [4.69, 9.17) is 20.6 Å². The molecule has 0 unspecified atom stereocenters. The minimum atomic E-state index is -0.500. The van der Waals surface area contributed by atoms with Crippen LogP contribution in [0.2, 0.25) is 0 Å². The van der Waals surface area contributed by atoms with Gasteiger partial charge in [0.2, 0.25) is 0 Å². The number of nitrogens with zero attached hydrogens (tertiary/aromatic N) is 3. The van der Waals surface area contributed by atoms with Crippen molar-refractivity contribution in [2.45, 2.75) is 95.1 Å². The third kappa shape index (κ3) is 7.37. The Morgan fingerprint density at radius 2 is 1.84 bits per heavy atom. The molecule has 238 valence electrons. The number of fused-ring (bicyclic) bond motifs is 2. The lowest BCUT2D eigenvalue weighted by atomic mass is 9.83. The fourth-order valence-corrected chi connectivity index (χ4v) is 7.24. The zero-order valence-electron chi connectivity index (χ0n) is 27.3. The average molecular weight is 723 g/mol. The number of rotatable bonds is 3. The molecule has 6 nitrogen and oxygen atoms in total. The summed E-state index contributed by atoms with van der Waals surface area (Å²) in [5.41, 5.74) is 15.4. The summed E-state index contributed by atoms with van der Waals surface area (Å²) >= 11 is 2.39. The molecular formula is C37H44FIN4O2. The largest absolute Gasteiger partial charge is 0.490 e. The molecule has 0 spiro atoms. The van der Waals surface area contributed by atoms with Gasteiger partial charge in [-0.15, -0.1) is 0 Å². The maximum atomic E-state index is 15.4. The Labute approximate surface area is 280 Å². The van der Waals surface area contributed by atoms with Crippen LogP contribution in [0, 0.1) is 31.5 Å². The third-order valence-corrected chi connectivity index (χ3v) is 9.33. The summed E-state index contributed by atoms with van der Waals surface area (Å²) in [6, 6.07) is 7.87. The first kappa shape index (κ1) is 33.4. The number of pyridine rings is 2. The summed E-state index contributed by atoms with van der Waals surface area (Å²) in [6.45, 7) is 9.93. The Hall–Kier alpha value is -3.00. The molecule has 2 aliphatic rings. The van der Waals surface area contributed by atoms with Gasteiger partial charge in [0, 0.05) is 39.9 Å². The topological polar surface area (TPSA) is 86.2 Å². The molecule has 1 saturated carbocycles. The highest BCUT2D eigenvalue weighted by molar-refractivity contribution is 14.1. The summed E-state index contributed by atoms with van der Waals surface area (Å²) in [4.78, 5) is 9.55. The smallest absolute Gasteiger partial charge is 0.165 e. The molecule has 1 fully saturated rings. The van der Waals surface area contributed by atoms with Crippen molar-refractivity contribution in [2.24, 2.45) is 12.8 Å². The number of aliphatic hydroxyl groups is 1. The molecule has 1 aliphatic carbocycles. The lowest BCUT2D eigenvalue weighted by molar-refractivity contribution is 0.102.